The molecule has 6 nitrogen and oxygen atoms in total. The zero-order valence-electron chi connectivity index (χ0n) is 10.6. The second-order valence-electron chi connectivity index (χ2n) is 4.41. The number of rotatable bonds is 7. The molecule has 18 heavy (non-hydrogen) atoms. The summed E-state index contributed by atoms with van der Waals surface area (Å²) in [5.74, 6) is 1.73. The molecule has 0 radical (unpaired) electrons. The van der Waals surface area contributed by atoms with E-state index < -0.39 is 16.1 Å². The van der Waals surface area contributed by atoms with Crippen LogP contribution in [0, 0.1) is 0 Å². The number of hydrogen-bond donors (Lipinski definition) is 2. The van der Waals surface area contributed by atoms with E-state index >= 15 is 0 Å². The standard InChI is InChI=1S/C10H21N3O3S2/c1-18(15,16)12-5-3-2-4-9(11)10(14)13-6-7-17-8-13/h9,12H,2-8,11H2,1H3/t9-/m0/s1. The maximum Gasteiger partial charge on any atom is 0.240 e. The van der Waals surface area contributed by atoms with Crippen LogP contribution in [0.25, 0.3) is 0 Å². The van der Waals surface area contributed by atoms with Crippen LogP contribution in [0.5, 0.6) is 0 Å². The first kappa shape index (κ1) is 15.7. The van der Waals surface area contributed by atoms with Crippen molar-refractivity contribution in [2.24, 2.45) is 5.73 Å². The van der Waals surface area contributed by atoms with Gasteiger partial charge in [0.05, 0.1) is 18.2 Å². The number of carbonyl (C=O) groups is 1. The molecule has 1 saturated heterocycles. The molecule has 1 heterocycles. The number of nitrogens with two attached hydrogens (primary N) is 1. The van der Waals surface area contributed by atoms with Crippen molar-refractivity contribution < 1.29 is 13.2 Å². The summed E-state index contributed by atoms with van der Waals surface area (Å²) in [6.45, 7) is 1.19. The first-order valence-electron chi connectivity index (χ1n) is 5.97. The SMILES string of the molecule is CS(=O)(=O)NCCCC[C@H](N)C(=O)N1CCSC1. The summed E-state index contributed by atoms with van der Waals surface area (Å²) >= 11 is 1.74. The normalized spacial score (nSPS) is 18.0. The van der Waals surface area contributed by atoms with E-state index in [1.54, 1.807) is 16.7 Å². The van der Waals surface area contributed by atoms with E-state index in [0.717, 1.165) is 30.9 Å². The molecule has 3 N–H and O–H groups in total. The van der Waals surface area contributed by atoms with Crippen LogP contribution in [0.15, 0.2) is 0 Å². The maximum atomic E-state index is 11.8. The smallest absolute Gasteiger partial charge is 0.240 e. The molecule has 0 saturated carbocycles. The highest BCUT2D eigenvalue weighted by atomic mass is 32.2. The van der Waals surface area contributed by atoms with Crippen molar-refractivity contribution in [3.8, 4) is 0 Å². The predicted molar refractivity (Wildman–Crippen MR) is 73.7 cm³/mol. The molecule has 1 aliphatic rings. The van der Waals surface area contributed by atoms with Gasteiger partial charge in [0.1, 0.15) is 0 Å². The van der Waals surface area contributed by atoms with Crippen LogP contribution in [0.3, 0.4) is 0 Å². The van der Waals surface area contributed by atoms with Crippen LogP contribution in [0.2, 0.25) is 0 Å². The molecule has 1 aliphatic heterocycles. The number of sulfonamides is 1. The molecule has 8 heteroatoms. The van der Waals surface area contributed by atoms with Gasteiger partial charge >= 0.3 is 0 Å². The summed E-state index contributed by atoms with van der Waals surface area (Å²) in [5.41, 5.74) is 5.83. The van der Waals surface area contributed by atoms with Crippen molar-refractivity contribution in [2.45, 2.75) is 25.3 Å². The van der Waals surface area contributed by atoms with E-state index in [1.807, 2.05) is 0 Å². The highest BCUT2D eigenvalue weighted by Gasteiger charge is 2.23. The fourth-order valence-corrected chi connectivity index (χ4v) is 3.16. The molecule has 0 bridgehead atoms. The summed E-state index contributed by atoms with van der Waals surface area (Å²) < 4.78 is 24.0. The molecule has 0 aromatic heterocycles. The summed E-state index contributed by atoms with van der Waals surface area (Å²) in [5, 5.41) is 0. The number of hydrogen-bond acceptors (Lipinski definition) is 5. The molecule has 0 aromatic rings. The molecule has 0 unspecified atom stereocenters. The second kappa shape index (κ2) is 7.32. The Labute approximate surface area is 113 Å². The van der Waals surface area contributed by atoms with Gasteiger partial charge in [0.2, 0.25) is 15.9 Å². The van der Waals surface area contributed by atoms with Crippen molar-refractivity contribution in [2.75, 3.05) is 31.0 Å². The number of nitrogens with one attached hydrogen (secondary N) is 1. The van der Waals surface area contributed by atoms with Crippen molar-refractivity contribution in [3.63, 3.8) is 0 Å². The van der Waals surface area contributed by atoms with Crippen LogP contribution in [-0.2, 0) is 14.8 Å². The minimum Gasteiger partial charge on any atom is -0.331 e. The Balaban J connectivity index is 2.13. The van der Waals surface area contributed by atoms with Gasteiger partial charge in [0.25, 0.3) is 0 Å². The predicted octanol–water partition coefficient (Wildman–Crippen LogP) is -0.434. The van der Waals surface area contributed by atoms with Gasteiger partial charge in [-0.3, -0.25) is 4.79 Å². The number of carbonyl (C=O) groups excluding carboxylic acids is 1. The molecule has 0 aliphatic carbocycles. The van der Waals surface area contributed by atoms with Crippen LogP contribution in [0.1, 0.15) is 19.3 Å². The third-order valence-electron chi connectivity index (χ3n) is 2.69. The largest absolute Gasteiger partial charge is 0.331 e. The molecule has 1 rings (SSSR count). The van der Waals surface area contributed by atoms with Crippen LogP contribution in [-0.4, -0.2) is 56.2 Å². The van der Waals surface area contributed by atoms with Gasteiger partial charge in [-0.25, -0.2) is 13.1 Å². The highest BCUT2D eigenvalue weighted by Crippen LogP contribution is 2.15. The lowest BCUT2D eigenvalue weighted by Gasteiger charge is -2.19. The molecule has 1 fully saturated rings. The Morgan fingerprint density at radius 3 is 2.78 bits per heavy atom. The molecule has 0 aromatic carbocycles. The van der Waals surface area contributed by atoms with Gasteiger partial charge in [-0.05, 0) is 12.8 Å². The Morgan fingerprint density at radius 2 is 2.22 bits per heavy atom. The second-order valence-corrected chi connectivity index (χ2v) is 7.32. The van der Waals surface area contributed by atoms with Crippen LogP contribution < -0.4 is 10.5 Å². The number of thioether (sulfide) groups is 1. The maximum absolute atomic E-state index is 11.8. The van der Waals surface area contributed by atoms with Gasteiger partial charge in [-0.2, -0.15) is 0 Å². The lowest BCUT2D eigenvalue weighted by molar-refractivity contribution is -0.131. The summed E-state index contributed by atoms with van der Waals surface area (Å²) in [6.07, 6.45) is 3.18. The lowest BCUT2D eigenvalue weighted by Crippen LogP contribution is -2.42. The lowest BCUT2D eigenvalue weighted by atomic mass is 10.1. The average molecular weight is 295 g/mol. The minimum atomic E-state index is -3.11. The topological polar surface area (TPSA) is 92.5 Å². The zero-order valence-corrected chi connectivity index (χ0v) is 12.2. The van der Waals surface area contributed by atoms with Gasteiger partial charge < -0.3 is 10.6 Å². The van der Waals surface area contributed by atoms with E-state index in [-0.39, 0.29) is 5.91 Å². The van der Waals surface area contributed by atoms with Crippen LogP contribution >= 0.6 is 11.8 Å². The van der Waals surface area contributed by atoms with E-state index in [9.17, 15) is 13.2 Å². The fraction of sp³-hybridized carbons (Fsp3) is 0.900. The fourth-order valence-electron chi connectivity index (χ4n) is 1.69. The number of amides is 1. The quantitative estimate of drug-likeness (QED) is 0.622. The number of unbranched alkanes of at least 4 members (excludes halogenated alkanes) is 1. The van der Waals surface area contributed by atoms with Crippen molar-refractivity contribution >= 4 is 27.7 Å². The van der Waals surface area contributed by atoms with Crippen molar-refractivity contribution in [1.82, 2.24) is 9.62 Å². The highest BCUT2D eigenvalue weighted by molar-refractivity contribution is 7.99. The van der Waals surface area contributed by atoms with Crippen molar-refractivity contribution in [1.29, 1.82) is 0 Å². The van der Waals surface area contributed by atoms with E-state index in [2.05, 4.69) is 4.72 Å². The minimum absolute atomic E-state index is 0.0103. The molecule has 106 valence electrons. The van der Waals surface area contributed by atoms with Gasteiger partial charge in [0, 0.05) is 18.8 Å². The summed E-state index contributed by atoms with van der Waals surface area (Å²) in [4.78, 5) is 13.6. The van der Waals surface area contributed by atoms with E-state index in [1.165, 1.54) is 0 Å². The average Bonchev–Trinajstić information content (AvgIpc) is 2.79. The molecular weight excluding hydrogens is 274 g/mol. The van der Waals surface area contributed by atoms with Crippen molar-refractivity contribution in [3.05, 3.63) is 0 Å². The van der Waals surface area contributed by atoms with Crippen LogP contribution in [0.4, 0.5) is 0 Å². The monoisotopic (exact) mass is 295 g/mol. The van der Waals surface area contributed by atoms with Gasteiger partial charge in [0.15, 0.2) is 0 Å². The molecule has 1 atom stereocenters. The Kier molecular flexibility index (Phi) is 6.40. The van der Waals surface area contributed by atoms with Gasteiger partial charge in [-0.1, -0.05) is 6.42 Å². The Bertz CT molecular complexity index is 367. The third-order valence-corrected chi connectivity index (χ3v) is 4.38. The first-order chi connectivity index (χ1) is 8.40. The third kappa shape index (κ3) is 6.03. The molecular formula is C10H21N3O3S2. The first-order valence-corrected chi connectivity index (χ1v) is 9.01. The number of nitrogens with zero attached hydrogens (tertiary/aromatic N) is 1. The summed E-state index contributed by atoms with van der Waals surface area (Å²) in [6, 6.07) is -0.457. The van der Waals surface area contributed by atoms with E-state index in [0.29, 0.717) is 19.4 Å². The molecule has 1 amide bonds. The molecule has 0 spiro atoms. The Hall–Kier alpha value is -0.310. The zero-order chi connectivity index (χ0) is 13.6. The summed E-state index contributed by atoms with van der Waals surface area (Å²) in [7, 11) is -3.11. The van der Waals surface area contributed by atoms with E-state index in [4.69, 9.17) is 5.73 Å². The Morgan fingerprint density at radius 1 is 1.50 bits per heavy atom. The van der Waals surface area contributed by atoms with Gasteiger partial charge in [-0.15, -0.1) is 11.8 Å².